The number of nitrogens with one attached hydrogen (secondary N) is 2. The summed E-state index contributed by atoms with van der Waals surface area (Å²) in [4.78, 5) is 63.3. The Bertz CT molecular complexity index is 3120. The molecule has 10 rings (SSSR count). The highest BCUT2D eigenvalue weighted by molar-refractivity contribution is 6.04. The van der Waals surface area contributed by atoms with Crippen LogP contribution in [-0.4, -0.2) is 170 Å². The Balaban J connectivity index is 0.000000297. The Labute approximate surface area is 482 Å². The summed E-state index contributed by atoms with van der Waals surface area (Å²) in [5.74, 6) is -2.97. The Morgan fingerprint density at radius 3 is 0.679 bits per heavy atom. The molecule has 0 amide bonds. The van der Waals surface area contributed by atoms with Crippen molar-refractivity contribution in [2.45, 2.75) is 0 Å². The number of fused-ring (bicyclic) bond motifs is 2. The molecule has 0 radical (unpaired) electrons. The van der Waals surface area contributed by atoms with E-state index in [0.717, 1.165) is 55.6 Å². The van der Waals surface area contributed by atoms with Crippen LogP contribution in [0.1, 0.15) is 41.4 Å². The summed E-state index contributed by atoms with van der Waals surface area (Å²) in [5, 5.41) is 37.9. The van der Waals surface area contributed by atoms with Gasteiger partial charge in [0.1, 0.15) is 11.6 Å². The van der Waals surface area contributed by atoms with Crippen molar-refractivity contribution in [2.75, 3.05) is 106 Å². The van der Waals surface area contributed by atoms with E-state index in [0.29, 0.717) is 139 Å². The number of aromatic amines is 2. The third kappa shape index (κ3) is 15.8. The zero-order valence-electron chi connectivity index (χ0n) is 45.8. The van der Waals surface area contributed by atoms with Crippen molar-refractivity contribution in [3.63, 3.8) is 0 Å². The Morgan fingerprint density at radius 1 is 0.274 bits per heavy atom. The lowest BCUT2D eigenvalue weighted by atomic mass is 9.97. The number of hydrogen-bond acceptors (Lipinski definition) is 14. The third-order valence-corrected chi connectivity index (χ3v) is 13.5. The lowest BCUT2D eigenvalue weighted by Crippen LogP contribution is -2.16. The molecule has 0 aliphatic carbocycles. The Morgan fingerprint density at radius 2 is 0.464 bits per heavy atom. The lowest BCUT2D eigenvalue weighted by molar-refractivity contribution is -0.0334. The number of imidazole rings is 2. The molecule has 2 aromatic heterocycles. The lowest BCUT2D eigenvalue weighted by Gasteiger charge is -2.09. The maximum Gasteiger partial charge on any atom is 0.335 e. The molecule has 20 heteroatoms. The first-order chi connectivity index (χ1) is 41.0. The van der Waals surface area contributed by atoms with E-state index in [2.05, 4.69) is 9.97 Å². The summed E-state index contributed by atoms with van der Waals surface area (Å²) in [6.07, 6.45) is 0. The van der Waals surface area contributed by atoms with Crippen LogP contribution in [0.4, 0.5) is 0 Å². The van der Waals surface area contributed by atoms with Crippen LogP contribution in [0.3, 0.4) is 0 Å². The number of aromatic nitrogens is 4. The van der Waals surface area contributed by atoms with Crippen molar-refractivity contribution in [1.29, 1.82) is 0 Å². The Hall–Kier alpha value is -8.96. The van der Waals surface area contributed by atoms with Gasteiger partial charge in [-0.1, -0.05) is 97.1 Å². The monoisotopic (exact) mass is 1140 g/mol. The van der Waals surface area contributed by atoms with E-state index in [1.807, 2.05) is 48.5 Å². The summed E-state index contributed by atoms with van der Waals surface area (Å²) in [6.45, 7) is 8.89. The molecule has 0 atom stereocenters. The van der Waals surface area contributed by atoms with Crippen LogP contribution in [0.5, 0.6) is 0 Å². The van der Waals surface area contributed by atoms with Crippen molar-refractivity contribution in [3.8, 4) is 67.3 Å². The molecule has 20 nitrogen and oxygen atoms in total. The van der Waals surface area contributed by atoms with Gasteiger partial charge in [-0.3, -0.25) is 0 Å². The molecular formula is C64H62N4O16. The topological polar surface area (TPSA) is 280 Å². The van der Waals surface area contributed by atoms with Crippen LogP contribution in [0, 0.1) is 0 Å². The number of ether oxygens (including phenoxy) is 8. The molecule has 0 spiro atoms. The van der Waals surface area contributed by atoms with E-state index in [-0.39, 0.29) is 22.3 Å². The van der Waals surface area contributed by atoms with Gasteiger partial charge in [0.05, 0.1) is 150 Å². The second-order valence-electron chi connectivity index (χ2n) is 18.9. The molecular weight excluding hydrogens is 1080 g/mol. The third-order valence-electron chi connectivity index (χ3n) is 13.5. The number of hydrogen-bond donors (Lipinski definition) is 6. The van der Waals surface area contributed by atoms with Gasteiger partial charge in [-0.05, 0) is 70.8 Å². The van der Waals surface area contributed by atoms with E-state index in [1.54, 1.807) is 97.1 Å². The molecule has 0 unspecified atom stereocenters. The normalized spacial score (nSPS) is 14.9. The quantitative estimate of drug-likeness (QED) is 0.0742. The van der Waals surface area contributed by atoms with E-state index in [9.17, 15) is 39.6 Å². The average molecular weight is 1140 g/mol. The van der Waals surface area contributed by atoms with Gasteiger partial charge in [-0.2, -0.15) is 0 Å². The molecule has 84 heavy (non-hydrogen) atoms. The predicted octanol–water partition coefficient (Wildman–Crippen LogP) is 10.4. The zero-order valence-corrected chi connectivity index (χ0v) is 45.8. The van der Waals surface area contributed by atoms with Gasteiger partial charge in [0.15, 0.2) is 0 Å². The highest BCUT2D eigenvalue weighted by atomic mass is 16.6. The molecule has 1 aliphatic rings. The molecule has 1 saturated heterocycles. The van der Waals surface area contributed by atoms with Crippen LogP contribution >= 0.6 is 0 Å². The molecule has 0 bridgehead atoms. The average Bonchev–Trinajstić information content (AvgIpc) is 4.27. The van der Waals surface area contributed by atoms with Gasteiger partial charge < -0.3 is 68.3 Å². The molecule has 0 saturated carbocycles. The van der Waals surface area contributed by atoms with E-state index in [1.165, 1.54) is 0 Å². The largest absolute Gasteiger partial charge is 0.478 e. The fourth-order valence-corrected chi connectivity index (χ4v) is 9.12. The first-order valence-corrected chi connectivity index (χ1v) is 27.2. The summed E-state index contributed by atoms with van der Waals surface area (Å²) < 4.78 is 43.1. The molecule has 9 aromatic rings. The number of carbonyl (C=O) groups is 4. The molecule has 3 heterocycles. The minimum atomic E-state index is -1.03. The minimum absolute atomic E-state index is 0.161. The fraction of sp³-hybridized carbons (Fsp3) is 0.250. The number of benzene rings is 7. The smallest absolute Gasteiger partial charge is 0.335 e. The maximum atomic E-state index is 11.6. The number of nitrogens with zero attached hydrogens (tertiary/aromatic N) is 2. The van der Waals surface area contributed by atoms with Gasteiger partial charge >= 0.3 is 23.9 Å². The molecule has 6 N–H and O–H groups in total. The maximum absolute atomic E-state index is 11.6. The summed E-state index contributed by atoms with van der Waals surface area (Å²) in [6, 6.07) is 41.6. The van der Waals surface area contributed by atoms with Crippen LogP contribution in [-0.2, 0) is 37.9 Å². The van der Waals surface area contributed by atoms with Crippen molar-refractivity contribution >= 4 is 45.9 Å². The molecule has 1 fully saturated rings. The van der Waals surface area contributed by atoms with Crippen LogP contribution in [0.2, 0.25) is 0 Å². The van der Waals surface area contributed by atoms with Crippen molar-refractivity contribution in [1.82, 2.24) is 19.9 Å². The van der Waals surface area contributed by atoms with Gasteiger partial charge in [-0.15, -0.1) is 0 Å². The van der Waals surface area contributed by atoms with Gasteiger partial charge in [0.2, 0.25) is 0 Å². The van der Waals surface area contributed by atoms with Gasteiger partial charge in [-0.25, -0.2) is 29.1 Å². The number of H-pyrrole nitrogens is 2. The van der Waals surface area contributed by atoms with Gasteiger partial charge in [0.25, 0.3) is 0 Å². The fourth-order valence-electron chi connectivity index (χ4n) is 9.12. The van der Waals surface area contributed by atoms with Crippen molar-refractivity contribution in [3.05, 3.63) is 168 Å². The van der Waals surface area contributed by atoms with Crippen LogP contribution in [0.15, 0.2) is 146 Å². The van der Waals surface area contributed by atoms with Crippen molar-refractivity contribution < 1.29 is 77.5 Å². The first kappa shape index (κ1) is 59.7. The summed E-state index contributed by atoms with van der Waals surface area (Å²) >= 11 is 0. The molecule has 1 aliphatic heterocycles. The SMILES string of the molecule is C1COCCOCCOCCOCCOCCOCCOCCO1.O=C(O)c1ccc(-c2ccc(-c3ccc(C(=O)O)cc3)c3[nH]c(-c4ccc(-c5nc6c(-c7ccc(C(=O)O)cc7)ccc(-c7ccc(C(=O)O)cc7)c6[nH]5)cc4)nc23)cc1. The molecule has 7 aromatic carbocycles. The van der Waals surface area contributed by atoms with Gasteiger partial charge in [0, 0.05) is 33.4 Å². The summed E-state index contributed by atoms with van der Waals surface area (Å²) in [7, 11) is 0. The minimum Gasteiger partial charge on any atom is -0.478 e. The number of aromatic carboxylic acids is 4. The molecule has 434 valence electrons. The first-order valence-electron chi connectivity index (χ1n) is 27.2. The van der Waals surface area contributed by atoms with E-state index < -0.39 is 23.9 Å². The highest BCUT2D eigenvalue weighted by Gasteiger charge is 2.20. The number of carboxylic acid groups (broad SMARTS) is 4. The van der Waals surface area contributed by atoms with Crippen LogP contribution < -0.4 is 0 Å². The van der Waals surface area contributed by atoms with Crippen molar-refractivity contribution in [2.24, 2.45) is 0 Å². The number of carboxylic acids is 4. The number of rotatable bonds is 10. The highest BCUT2D eigenvalue weighted by Crippen LogP contribution is 2.39. The van der Waals surface area contributed by atoms with E-state index in [4.69, 9.17) is 47.9 Å². The predicted molar refractivity (Wildman–Crippen MR) is 313 cm³/mol. The summed E-state index contributed by atoms with van der Waals surface area (Å²) in [5.41, 5.74) is 11.1. The van der Waals surface area contributed by atoms with E-state index >= 15 is 0 Å². The zero-order chi connectivity index (χ0) is 58.6. The Kier molecular flexibility index (Phi) is 21.2. The van der Waals surface area contributed by atoms with Crippen LogP contribution in [0.25, 0.3) is 89.4 Å². The standard InChI is InChI=1S/C48H30N4O8.C16H32O8/c53-45(54)31-13-1-25(2-14-31)35-21-22-36(26-3-15-32(16-4-26)46(55)56)40-39(35)49-43(50-40)29-9-11-30(12-10-29)44-51-41-37(27-5-17-33(18-6-27)47(57)58)23-24-38(42(41)52-44)28-7-19-34(20-8-28)48(59)60;1-2-18-5-6-20-9-10-22-13-14-24-16-15-23-12-11-21-8-7-19-4-3-17-1/h1-24H,(H,49,50)(H,51,52)(H,53,54)(H,55,56)(H,57,58)(H,59,60);1-16H2. The second kappa shape index (κ2) is 29.8. The second-order valence-corrected chi connectivity index (χ2v) is 18.9.